The van der Waals surface area contributed by atoms with Crippen molar-refractivity contribution >= 4 is 10.9 Å². The van der Waals surface area contributed by atoms with Gasteiger partial charge in [0.2, 0.25) is 0 Å². The van der Waals surface area contributed by atoms with Gasteiger partial charge in [-0.25, -0.2) is 0 Å². The van der Waals surface area contributed by atoms with Gasteiger partial charge in [-0.15, -0.1) is 0 Å². The summed E-state index contributed by atoms with van der Waals surface area (Å²) in [5.41, 5.74) is 7.50. The zero-order valence-corrected chi connectivity index (χ0v) is 8.61. The van der Waals surface area contributed by atoms with E-state index in [0.717, 1.165) is 24.3 Å². The molecule has 0 saturated carbocycles. The van der Waals surface area contributed by atoms with E-state index in [9.17, 15) is 0 Å². The highest BCUT2D eigenvalue weighted by atomic mass is 14.9. The van der Waals surface area contributed by atoms with Crippen molar-refractivity contribution in [1.29, 1.82) is 0 Å². The number of benzene rings is 1. The molecule has 0 unspecified atom stereocenters. The molecule has 0 aliphatic carbocycles. The highest BCUT2D eigenvalue weighted by molar-refractivity contribution is 5.78. The Hall–Kier alpha value is -1.45. The Balaban J connectivity index is 2.16. The molecule has 2 rings (SSSR count). The maximum absolute atomic E-state index is 5.40. The number of aromatic nitrogens is 1. The van der Waals surface area contributed by atoms with Gasteiger partial charge in [0.15, 0.2) is 0 Å². The van der Waals surface area contributed by atoms with Crippen LogP contribution >= 0.6 is 0 Å². The van der Waals surface area contributed by atoms with Crippen LogP contribution in [0.2, 0.25) is 0 Å². The lowest BCUT2D eigenvalue weighted by atomic mass is 10.2. The summed E-state index contributed by atoms with van der Waals surface area (Å²) < 4.78 is 0. The molecule has 0 radical (unpaired) electrons. The number of hydrogen-bond acceptors (Lipinski definition) is 3. The summed E-state index contributed by atoms with van der Waals surface area (Å²) in [6, 6.07) is 12.3. The Morgan fingerprint density at radius 3 is 2.87 bits per heavy atom. The summed E-state index contributed by atoms with van der Waals surface area (Å²) in [4.78, 5) is 4.54. The molecule has 0 bridgehead atoms. The van der Waals surface area contributed by atoms with Crippen LogP contribution in [-0.4, -0.2) is 18.1 Å². The molecule has 3 nitrogen and oxygen atoms in total. The number of nitrogens with zero attached hydrogens (tertiary/aromatic N) is 1. The van der Waals surface area contributed by atoms with Gasteiger partial charge in [-0.3, -0.25) is 4.98 Å². The summed E-state index contributed by atoms with van der Waals surface area (Å²) in [5.74, 6) is 0. The lowest BCUT2D eigenvalue weighted by Gasteiger charge is -2.03. The normalized spacial score (nSPS) is 10.7. The summed E-state index contributed by atoms with van der Waals surface area (Å²) in [6.45, 7) is 2.27. The van der Waals surface area contributed by atoms with Gasteiger partial charge >= 0.3 is 0 Å². The molecular formula is C12H15N3. The van der Waals surface area contributed by atoms with Gasteiger partial charge in [0.1, 0.15) is 0 Å². The number of nitrogens with one attached hydrogen (secondary N) is 1. The van der Waals surface area contributed by atoms with Crippen LogP contribution in [0.3, 0.4) is 0 Å². The number of pyridine rings is 1. The monoisotopic (exact) mass is 201 g/mol. The standard InChI is InChI=1S/C12H15N3/c13-7-8-14-9-11-6-5-10-3-1-2-4-12(10)15-11/h1-6,14H,7-9,13H2. The Morgan fingerprint density at radius 2 is 2.00 bits per heavy atom. The maximum Gasteiger partial charge on any atom is 0.0705 e. The van der Waals surface area contributed by atoms with Crippen molar-refractivity contribution in [2.75, 3.05) is 13.1 Å². The second-order valence-corrected chi connectivity index (χ2v) is 3.46. The van der Waals surface area contributed by atoms with Crippen LogP contribution in [0.15, 0.2) is 36.4 Å². The fraction of sp³-hybridized carbons (Fsp3) is 0.250. The van der Waals surface area contributed by atoms with E-state index in [4.69, 9.17) is 5.73 Å². The average Bonchev–Trinajstić information content (AvgIpc) is 2.29. The van der Waals surface area contributed by atoms with E-state index < -0.39 is 0 Å². The van der Waals surface area contributed by atoms with Gasteiger partial charge in [-0.1, -0.05) is 24.3 Å². The van der Waals surface area contributed by atoms with Crippen LogP contribution in [-0.2, 0) is 6.54 Å². The van der Waals surface area contributed by atoms with Crippen LogP contribution in [0.5, 0.6) is 0 Å². The second-order valence-electron chi connectivity index (χ2n) is 3.46. The Kier molecular flexibility index (Phi) is 3.27. The molecule has 0 aliphatic heterocycles. The van der Waals surface area contributed by atoms with Crippen LogP contribution in [0.1, 0.15) is 5.69 Å². The Morgan fingerprint density at radius 1 is 1.13 bits per heavy atom. The third kappa shape index (κ3) is 2.52. The number of rotatable bonds is 4. The molecule has 78 valence electrons. The fourth-order valence-electron chi connectivity index (χ4n) is 1.53. The average molecular weight is 201 g/mol. The van der Waals surface area contributed by atoms with Gasteiger partial charge < -0.3 is 11.1 Å². The molecule has 15 heavy (non-hydrogen) atoms. The third-order valence-electron chi connectivity index (χ3n) is 2.28. The minimum Gasteiger partial charge on any atom is -0.329 e. The van der Waals surface area contributed by atoms with E-state index in [1.54, 1.807) is 0 Å². The van der Waals surface area contributed by atoms with Crippen molar-refractivity contribution in [3.8, 4) is 0 Å². The first-order chi connectivity index (χ1) is 7.40. The van der Waals surface area contributed by atoms with E-state index >= 15 is 0 Å². The lowest BCUT2D eigenvalue weighted by Crippen LogP contribution is -2.22. The molecule has 3 heteroatoms. The summed E-state index contributed by atoms with van der Waals surface area (Å²) in [7, 11) is 0. The van der Waals surface area contributed by atoms with Gasteiger partial charge in [0, 0.05) is 25.0 Å². The predicted molar refractivity (Wildman–Crippen MR) is 62.5 cm³/mol. The number of fused-ring (bicyclic) bond motifs is 1. The quantitative estimate of drug-likeness (QED) is 0.733. The van der Waals surface area contributed by atoms with Crippen LogP contribution in [0, 0.1) is 0 Å². The molecule has 1 aromatic carbocycles. The minimum atomic E-state index is 0.660. The van der Waals surface area contributed by atoms with Crippen molar-refractivity contribution in [3.63, 3.8) is 0 Å². The fourth-order valence-corrected chi connectivity index (χ4v) is 1.53. The first kappa shape index (κ1) is 10.1. The Bertz CT molecular complexity index is 440. The highest BCUT2D eigenvalue weighted by Crippen LogP contribution is 2.11. The van der Waals surface area contributed by atoms with Crippen molar-refractivity contribution in [2.24, 2.45) is 5.73 Å². The lowest BCUT2D eigenvalue weighted by molar-refractivity contribution is 0.684. The molecular weight excluding hydrogens is 186 g/mol. The van der Waals surface area contributed by atoms with Gasteiger partial charge in [-0.05, 0) is 12.1 Å². The molecule has 0 atom stereocenters. The third-order valence-corrected chi connectivity index (χ3v) is 2.28. The van der Waals surface area contributed by atoms with Crippen molar-refractivity contribution in [3.05, 3.63) is 42.1 Å². The van der Waals surface area contributed by atoms with Crippen molar-refractivity contribution in [2.45, 2.75) is 6.54 Å². The summed E-state index contributed by atoms with van der Waals surface area (Å²) >= 11 is 0. The highest BCUT2D eigenvalue weighted by Gasteiger charge is 1.96. The summed E-state index contributed by atoms with van der Waals surface area (Å²) in [6.07, 6.45) is 0. The Labute approximate surface area is 89.3 Å². The zero-order valence-electron chi connectivity index (χ0n) is 8.61. The first-order valence-electron chi connectivity index (χ1n) is 5.15. The van der Waals surface area contributed by atoms with Gasteiger partial charge in [0.05, 0.1) is 11.2 Å². The van der Waals surface area contributed by atoms with Crippen LogP contribution in [0.25, 0.3) is 10.9 Å². The van der Waals surface area contributed by atoms with E-state index in [1.807, 2.05) is 24.3 Å². The molecule has 0 aliphatic rings. The van der Waals surface area contributed by atoms with Gasteiger partial charge in [0.25, 0.3) is 0 Å². The SMILES string of the molecule is NCCNCc1ccc2ccccc2n1. The van der Waals surface area contributed by atoms with Crippen LogP contribution in [0.4, 0.5) is 0 Å². The molecule has 1 aromatic heterocycles. The van der Waals surface area contributed by atoms with E-state index in [-0.39, 0.29) is 0 Å². The first-order valence-corrected chi connectivity index (χ1v) is 5.15. The van der Waals surface area contributed by atoms with Gasteiger partial charge in [-0.2, -0.15) is 0 Å². The molecule has 3 N–H and O–H groups in total. The van der Waals surface area contributed by atoms with E-state index in [2.05, 4.69) is 22.4 Å². The molecule has 2 aromatic rings. The molecule has 1 heterocycles. The second kappa shape index (κ2) is 4.87. The van der Waals surface area contributed by atoms with E-state index in [0.29, 0.717) is 6.54 Å². The van der Waals surface area contributed by atoms with Crippen molar-refractivity contribution < 1.29 is 0 Å². The number of para-hydroxylation sites is 1. The predicted octanol–water partition coefficient (Wildman–Crippen LogP) is 1.28. The smallest absolute Gasteiger partial charge is 0.0705 e. The topological polar surface area (TPSA) is 50.9 Å². The largest absolute Gasteiger partial charge is 0.329 e. The van der Waals surface area contributed by atoms with Crippen LogP contribution < -0.4 is 11.1 Å². The molecule has 0 amide bonds. The minimum absolute atomic E-state index is 0.660. The summed E-state index contributed by atoms with van der Waals surface area (Å²) in [5, 5.41) is 4.41. The molecule has 0 spiro atoms. The maximum atomic E-state index is 5.40. The number of hydrogen-bond donors (Lipinski definition) is 2. The molecule has 0 saturated heterocycles. The number of nitrogens with two attached hydrogens (primary N) is 1. The zero-order chi connectivity index (χ0) is 10.5. The van der Waals surface area contributed by atoms with E-state index in [1.165, 1.54) is 5.39 Å². The molecule has 0 fully saturated rings. The van der Waals surface area contributed by atoms with Crippen molar-refractivity contribution in [1.82, 2.24) is 10.3 Å².